The van der Waals surface area contributed by atoms with Crippen LogP contribution in [0.4, 0.5) is 0 Å². The largest absolute Gasteiger partial charge is 0.356 e. The molecule has 0 radical (unpaired) electrons. The van der Waals surface area contributed by atoms with E-state index in [1.807, 2.05) is 4.90 Å². The summed E-state index contributed by atoms with van der Waals surface area (Å²) in [5, 5.41) is 0. The summed E-state index contributed by atoms with van der Waals surface area (Å²) in [5.41, 5.74) is 1.28. The maximum Gasteiger partial charge on any atom is 0.221 e. The van der Waals surface area contributed by atoms with Crippen LogP contribution >= 0.6 is 0 Å². The number of rotatable bonds is 3. The molecule has 1 saturated heterocycles. The summed E-state index contributed by atoms with van der Waals surface area (Å²) in [7, 11) is 0. The molecule has 1 heterocycles. The molecule has 0 aliphatic carbocycles. The van der Waals surface area contributed by atoms with E-state index in [2.05, 4.69) is 33.8 Å². The number of carbonyl (C=O) groups excluding carboxylic acids is 1. The van der Waals surface area contributed by atoms with E-state index in [1.54, 1.807) is 6.92 Å². The zero-order valence-electron chi connectivity index (χ0n) is 11.0. The van der Waals surface area contributed by atoms with E-state index in [0.29, 0.717) is 6.61 Å². The van der Waals surface area contributed by atoms with E-state index in [9.17, 15) is 4.79 Å². The molecule has 1 rings (SSSR count). The van der Waals surface area contributed by atoms with Gasteiger partial charge in [0.1, 0.15) is 6.23 Å². The molecule has 3 heteroatoms. The smallest absolute Gasteiger partial charge is 0.221 e. The van der Waals surface area contributed by atoms with Crippen molar-refractivity contribution < 1.29 is 9.53 Å². The minimum absolute atomic E-state index is 0.0283. The Morgan fingerprint density at radius 1 is 1.44 bits per heavy atom. The van der Waals surface area contributed by atoms with Gasteiger partial charge < -0.3 is 9.64 Å². The van der Waals surface area contributed by atoms with Crippen LogP contribution in [-0.2, 0) is 9.53 Å². The lowest BCUT2D eigenvalue weighted by atomic mass is 9.86. The lowest BCUT2D eigenvalue weighted by molar-refractivity contribution is -0.140. The van der Waals surface area contributed by atoms with Gasteiger partial charge in [0, 0.05) is 18.9 Å². The summed E-state index contributed by atoms with van der Waals surface area (Å²) in [6.07, 6.45) is 3.06. The van der Waals surface area contributed by atoms with Crippen LogP contribution in [0, 0.1) is 5.41 Å². The Balaban J connectivity index is 2.74. The molecule has 92 valence electrons. The molecular weight excluding hydrogens is 202 g/mol. The molecule has 1 aliphatic heterocycles. The fourth-order valence-electron chi connectivity index (χ4n) is 2.01. The maximum atomic E-state index is 11.5. The molecular formula is C13H23NO2. The lowest BCUT2D eigenvalue weighted by Crippen LogP contribution is -2.44. The molecule has 16 heavy (non-hydrogen) atoms. The quantitative estimate of drug-likeness (QED) is 0.691. The van der Waals surface area contributed by atoms with E-state index in [1.165, 1.54) is 5.57 Å². The van der Waals surface area contributed by atoms with Crippen LogP contribution < -0.4 is 0 Å². The van der Waals surface area contributed by atoms with Crippen molar-refractivity contribution in [2.45, 2.75) is 47.3 Å². The zero-order valence-corrected chi connectivity index (χ0v) is 11.0. The first-order valence-electron chi connectivity index (χ1n) is 5.87. The molecule has 0 saturated carbocycles. The first-order chi connectivity index (χ1) is 7.34. The van der Waals surface area contributed by atoms with Crippen molar-refractivity contribution in [2.75, 3.05) is 13.2 Å². The maximum absolute atomic E-state index is 11.5. The summed E-state index contributed by atoms with van der Waals surface area (Å²) < 4.78 is 5.70. The summed E-state index contributed by atoms with van der Waals surface area (Å²) in [4.78, 5) is 13.3. The predicted octanol–water partition coefficient (Wildman–Crippen LogP) is 2.57. The van der Waals surface area contributed by atoms with Gasteiger partial charge in [0.05, 0.1) is 6.61 Å². The summed E-state index contributed by atoms with van der Waals surface area (Å²) in [6.45, 7) is 11.5. The Hall–Kier alpha value is -0.830. The van der Waals surface area contributed by atoms with Gasteiger partial charge in [-0.2, -0.15) is 0 Å². The average Bonchev–Trinajstić information content (AvgIpc) is 2.63. The minimum atomic E-state index is -0.0828. The molecule has 0 bridgehead atoms. The van der Waals surface area contributed by atoms with Crippen molar-refractivity contribution in [2.24, 2.45) is 5.41 Å². The van der Waals surface area contributed by atoms with Crippen molar-refractivity contribution in [3.8, 4) is 0 Å². The molecule has 3 nitrogen and oxygen atoms in total. The Labute approximate surface area is 98.5 Å². The van der Waals surface area contributed by atoms with Gasteiger partial charge >= 0.3 is 0 Å². The average molecular weight is 225 g/mol. The topological polar surface area (TPSA) is 29.5 Å². The SMILES string of the molecule is CC(=O)N1CCO[C@H]1C(C)(C)CC=C(C)C. The normalized spacial score (nSPS) is 21.1. The molecule has 0 spiro atoms. The first kappa shape index (κ1) is 13.2. The summed E-state index contributed by atoms with van der Waals surface area (Å²) >= 11 is 0. The van der Waals surface area contributed by atoms with Crippen LogP contribution in [0.3, 0.4) is 0 Å². The van der Waals surface area contributed by atoms with Gasteiger partial charge in [0.25, 0.3) is 0 Å². The van der Waals surface area contributed by atoms with Crippen LogP contribution in [0.25, 0.3) is 0 Å². The van der Waals surface area contributed by atoms with Crippen LogP contribution in [0.5, 0.6) is 0 Å². The molecule has 1 amide bonds. The first-order valence-corrected chi connectivity index (χ1v) is 5.87. The highest BCUT2D eigenvalue weighted by molar-refractivity contribution is 5.73. The predicted molar refractivity (Wildman–Crippen MR) is 65.0 cm³/mol. The molecule has 1 aliphatic rings. The third-order valence-electron chi connectivity index (χ3n) is 3.00. The highest BCUT2D eigenvalue weighted by atomic mass is 16.5. The van der Waals surface area contributed by atoms with Crippen molar-refractivity contribution in [3.63, 3.8) is 0 Å². The van der Waals surface area contributed by atoms with E-state index in [4.69, 9.17) is 4.74 Å². The number of nitrogens with zero attached hydrogens (tertiary/aromatic N) is 1. The van der Waals surface area contributed by atoms with Crippen molar-refractivity contribution >= 4 is 5.91 Å². The van der Waals surface area contributed by atoms with E-state index >= 15 is 0 Å². The molecule has 0 N–H and O–H groups in total. The number of allylic oxidation sites excluding steroid dienone is 2. The highest BCUT2D eigenvalue weighted by Gasteiger charge is 2.39. The molecule has 1 atom stereocenters. The van der Waals surface area contributed by atoms with Gasteiger partial charge in [-0.3, -0.25) is 4.79 Å². The standard InChI is InChI=1S/C13H23NO2/c1-10(2)6-7-13(4,5)12-14(11(3)15)8-9-16-12/h6,12H,7-9H2,1-5H3/t12-/m0/s1. The van der Waals surface area contributed by atoms with Crippen LogP contribution in [0.15, 0.2) is 11.6 Å². The van der Waals surface area contributed by atoms with Gasteiger partial charge in [0.15, 0.2) is 0 Å². The second-order valence-corrected chi connectivity index (χ2v) is 5.41. The Kier molecular flexibility index (Phi) is 4.14. The number of hydrogen-bond acceptors (Lipinski definition) is 2. The highest BCUT2D eigenvalue weighted by Crippen LogP contribution is 2.33. The number of ether oxygens (including phenoxy) is 1. The third-order valence-corrected chi connectivity index (χ3v) is 3.00. The second-order valence-electron chi connectivity index (χ2n) is 5.41. The minimum Gasteiger partial charge on any atom is -0.356 e. The molecule has 0 aromatic carbocycles. The molecule has 0 aromatic heterocycles. The van der Waals surface area contributed by atoms with Crippen LogP contribution in [0.2, 0.25) is 0 Å². The molecule has 1 fully saturated rings. The van der Waals surface area contributed by atoms with Crippen molar-refractivity contribution in [3.05, 3.63) is 11.6 Å². The monoisotopic (exact) mass is 225 g/mol. The van der Waals surface area contributed by atoms with Gasteiger partial charge in [0.2, 0.25) is 5.91 Å². The van der Waals surface area contributed by atoms with Crippen molar-refractivity contribution in [1.29, 1.82) is 0 Å². The molecule has 0 unspecified atom stereocenters. The summed E-state index contributed by atoms with van der Waals surface area (Å²) in [5.74, 6) is 0.104. The number of carbonyl (C=O) groups is 1. The Bertz CT molecular complexity index is 290. The Morgan fingerprint density at radius 2 is 2.06 bits per heavy atom. The number of amides is 1. The summed E-state index contributed by atoms with van der Waals surface area (Å²) in [6, 6.07) is 0. The van der Waals surface area contributed by atoms with Gasteiger partial charge in [-0.25, -0.2) is 0 Å². The second kappa shape index (κ2) is 5.00. The zero-order chi connectivity index (χ0) is 12.3. The lowest BCUT2D eigenvalue weighted by Gasteiger charge is -2.35. The van der Waals surface area contributed by atoms with E-state index in [0.717, 1.165) is 13.0 Å². The Morgan fingerprint density at radius 3 is 2.56 bits per heavy atom. The van der Waals surface area contributed by atoms with Crippen molar-refractivity contribution in [1.82, 2.24) is 4.90 Å². The fourth-order valence-corrected chi connectivity index (χ4v) is 2.01. The van der Waals surface area contributed by atoms with Crippen LogP contribution in [0.1, 0.15) is 41.0 Å². The van der Waals surface area contributed by atoms with Gasteiger partial charge in [-0.05, 0) is 20.3 Å². The van der Waals surface area contributed by atoms with Crippen LogP contribution in [-0.4, -0.2) is 30.2 Å². The van der Waals surface area contributed by atoms with Gasteiger partial charge in [-0.15, -0.1) is 0 Å². The molecule has 0 aromatic rings. The van der Waals surface area contributed by atoms with E-state index in [-0.39, 0.29) is 17.6 Å². The number of hydrogen-bond donors (Lipinski definition) is 0. The third kappa shape index (κ3) is 3.08. The fraction of sp³-hybridized carbons (Fsp3) is 0.769. The van der Waals surface area contributed by atoms with Gasteiger partial charge in [-0.1, -0.05) is 25.5 Å². The van der Waals surface area contributed by atoms with E-state index < -0.39 is 0 Å².